The first kappa shape index (κ1) is 22.3. The fourth-order valence-corrected chi connectivity index (χ4v) is 4.32. The van der Waals surface area contributed by atoms with Crippen LogP contribution in [-0.4, -0.2) is 29.3 Å². The number of benzene rings is 3. The lowest BCUT2D eigenvalue weighted by Gasteiger charge is -2.28. The number of nitrogens with one attached hydrogen (secondary N) is 2. The number of rotatable bonds is 6. The van der Waals surface area contributed by atoms with E-state index in [4.69, 9.17) is 0 Å². The van der Waals surface area contributed by atoms with Gasteiger partial charge in [-0.3, -0.25) is 14.5 Å². The minimum absolute atomic E-state index is 0.209. The highest BCUT2D eigenvalue weighted by Gasteiger charge is 2.54. The Morgan fingerprint density at radius 2 is 1.48 bits per heavy atom. The number of anilines is 1. The van der Waals surface area contributed by atoms with Crippen LogP contribution in [0.2, 0.25) is 0 Å². The number of nitrogens with zero attached hydrogens (tertiary/aromatic N) is 1. The molecule has 0 atom stereocenters. The van der Waals surface area contributed by atoms with Gasteiger partial charge in [0.15, 0.2) is 5.54 Å². The number of amides is 4. The van der Waals surface area contributed by atoms with Crippen LogP contribution in [0, 0.1) is 6.92 Å². The second kappa shape index (κ2) is 8.90. The van der Waals surface area contributed by atoms with Gasteiger partial charge in [0.1, 0.15) is 6.54 Å². The zero-order valence-electron chi connectivity index (χ0n) is 19.0. The van der Waals surface area contributed by atoms with Crippen LogP contribution < -0.4 is 10.6 Å². The second-order valence-electron chi connectivity index (χ2n) is 8.55. The monoisotopic (exact) mass is 441 g/mol. The van der Waals surface area contributed by atoms with E-state index in [1.165, 1.54) is 0 Å². The smallest absolute Gasteiger partial charge is 0.324 e. The van der Waals surface area contributed by atoms with E-state index in [0.29, 0.717) is 11.1 Å². The number of para-hydroxylation sites is 1. The summed E-state index contributed by atoms with van der Waals surface area (Å²) in [4.78, 5) is 40.7. The molecule has 0 unspecified atom stereocenters. The molecule has 0 saturated carbocycles. The zero-order valence-corrected chi connectivity index (χ0v) is 19.0. The molecule has 168 valence electrons. The molecule has 33 heavy (non-hydrogen) atoms. The predicted octanol–water partition coefficient (Wildman–Crippen LogP) is 4.55. The predicted molar refractivity (Wildman–Crippen MR) is 128 cm³/mol. The van der Waals surface area contributed by atoms with Crippen LogP contribution in [-0.2, 0) is 15.1 Å². The third-order valence-corrected chi connectivity index (χ3v) is 6.01. The van der Waals surface area contributed by atoms with E-state index in [9.17, 15) is 14.4 Å². The molecular formula is C27H27N3O3. The summed E-state index contributed by atoms with van der Waals surface area (Å²) < 4.78 is 0. The molecule has 1 aliphatic heterocycles. The third kappa shape index (κ3) is 4.00. The highest BCUT2D eigenvalue weighted by atomic mass is 16.2. The molecule has 6 nitrogen and oxygen atoms in total. The van der Waals surface area contributed by atoms with Crippen LogP contribution in [0.4, 0.5) is 10.5 Å². The molecule has 6 heteroatoms. The van der Waals surface area contributed by atoms with Gasteiger partial charge in [-0.15, -0.1) is 0 Å². The fourth-order valence-electron chi connectivity index (χ4n) is 4.32. The second-order valence-corrected chi connectivity index (χ2v) is 8.55. The molecule has 1 heterocycles. The Kier molecular flexibility index (Phi) is 6.01. The molecule has 4 amide bonds. The molecule has 0 spiro atoms. The van der Waals surface area contributed by atoms with E-state index in [-0.39, 0.29) is 12.5 Å². The Hall–Kier alpha value is -3.93. The summed E-state index contributed by atoms with van der Waals surface area (Å²) >= 11 is 0. The third-order valence-electron chi connectivity index (χ3n) is 6.01. The largest absolute Gasteiger partial charge is 0.326 e. The van der Waals surface area contributed by atoms with Crippen molar-refractivity contribution in [1.82, 2.24) is 10.2 Å². The highest BCUT2D eigenvalue weighted by molar-refractivity contribution is 6.12. The van der Waals surface area contributed by atoms with Gasteiger partial charge in [0, 0.05) is 5.69 Å². The maximum absolute atomic E-state index is 13.7. The molecule has 3 aromatic carbocycles. The summed E-state index contributed by atoms with van der Waals surface area (Å²) in [5.41, 5.74) is 2.54. The van der Waals surface area contributed by atoms with E-state index < -0.39 is 23.4 Å². The van der Waals surface area contributed by atoms with E-state index in [0.717, 1.165) is 21.7 Å². The van der Waals surface area contributed by atoms with Gasteiger partial charge in [-0.25, -0.2) is 4.79 Å². The number of carbonyl (C=O) groups is 3. The average molecular weight is 442 g/mol. The maximum Gasteiger partial charge on any atom is 0.326 e. The van der Waals surface area contributed by atoms with Gasteiger partial charge in [0.25, 0.3) is 5.91 Å². The minimum atomic E-state index is -1.38. The van der Waals surface area contributed by atoms with Crippen molar-refractivity contribution >= 4 is 23.5 Å². The molecule has 0 bridgehead atoms. The fraction of sp³-hybridized carbons (Fsp3) is 0.222. The number of imide groups is 1. The van der Waals surface area contributed by atoms with Gasteiger partial charge in [0.2, 0.25) is 5.91 Å². The number of hydrogen-bond donors (Lipinski definition) is 2. The quantitative estimate of drug-likeness (QED) is 0.551. The van der Waals surface area contributed by atoms with Crippen molar-refractivity contribution in [3.8, 4) is 0 Å². The molecule has 2 N–H and O–H groups in total. The van der Waals surface area contributed by atoms with Crippen molar-refractivity contribution in [2.45, 2.75) is 32.2 Å². The molecule has 0 radical (unpaired) electrons. The van der Waals surface area contributed by atoms with Crippen LogP contribution in [0.5, 0.6) is 0 Å². The SMILES string of the molecule is Cc1cccc(C(C)C)c1NC(=O)CN1C(=O)NC(c2ccccc2)(c2ccccc2)C1=O. The first-order chi connectivity index (χ1) is 15.8. The molecule has 3 aromatic rings. The van der Waals surface area contributed by atoms with E-state index in [2.05, 4.69) is 24.5 Å². The standard InChI is InChI=1S/C27H27N3O3/c1-18(2)22-16-10-11-19(3)24(22)28-23(31)17-30-25(32)27(29-26(30)33,20-12-6-4-7-13-20)21-14-8-5-9-15-21/h4-16,18H,17H2,1-3H3,(H,28,31)(H,29,33). The number of urea groups is 1. The van der Waals surface area contributed by atoms with Crippen LogP contribution >= 0.6 is 0 Å². The van der Waals surface area contributed by atoms with Crippen LogP contribution in [0.3, 0.4) is 0 Å². The Morgan fingerprint density at radius 3 is 2.03 bits per heavy atom. The Bertz CT molecular complexity index is 1150. The number of carbonyl (C=O) groups excluding carboxylic acids is 3. The Balaban J connectivity index is 1.65. The van der Waals surface area contributed by atoms with Crippen molar-refractivity contribution in [3.05, 3.63) is 101 Å². The number of hydrogen-bond acceptors (Lipinski definition) is 3. The van der Waals surface area contributed by atoms with E-state index in [1.54, 1.807) is 24.3 Å². The van der Waals surface area contributed by atoms with Gasteiger partial charge in [-0.1, -0.05) is 92.7 Å². The van der Waals surface area contributed by atoms with Crippen molar-refractivity contribution in [2.24, 2.45) is 0 Å². The van der Waals surface area contributed by atoms with Crippen molar-refractivity contribution in [3.63, 3.8) is 0 Å². The highest BCUT2D eigenvalue weighted by Crippen LogP contribution is 2.36. The summed E-state index contributed by atoms with van der Waals surface area (Å²) in [6.45, 7) is 5.65. The molecule has 1 fully saturated rings. The molecule has 0 aromatic heterocycles. The van der Waals surface area contributed by atoms with Gasteiger partial charge < -0.3 is 10.6 Å². The van der Waals surface area contributed by atoms with Gasteiger partial charge >= 0.3 is 6.03 Å². The van der Waals surface area contributed by atoms with Crippen molar-refractivity contribution < 1.29 is 14.4 Å². The Morgan fingerprint density at radius 1 is 0.909 bits per heavy atom. The van der Waals surface area contributed by atoms with Gasteiger partial charge in [-0.2, -0.15) is 0 Å². The number of aryl methyl sites for hydroxylation is 1. The van der Waals surface area contributed by atoms with Gasteiger partial charge in [-0.05, 0) is 35.1 Å². The van der Waals surface area contributed by atoms with Crippen LogP contribution in [0.1, 0.15) is 42.0 Å². The van der Waals surface area contributed by atoms with Crippen molar-refractivity contribution in [1.29, 1.82) is 0 Å². The molecule has 1 saturated heterocycles. The maximum atomic E-state index is 13.7. The molecule has 1 aliphatic rings. The van der Waals surface area contributed by atoms with Crippen LogP contribution in [0.25, 0.3) is 0 Å². The molecular weight excluding hydrogens is 414 g/mol. The lowest BCUT2D eigenvalue weighted by Crippen LogP contribution is -2.45. The topological polar surface area (TPSA) is 78.5 Å². The molecule has 4 rings (SSSR count). The zero-order chi connectivity index (χ0) is 23.6. The summed E-state index contributed by atoms with van der Waals surface area (Å²) in [7, 11) is 0. The minimum Gasteiger partial charge on any atom is -0.324 e. The summed E-state index contributed by atoms with van der Waals surface area (Å²) in [6.07, 6.45) is 0. The summed E-state index contributed by atoms with van der Waals surface area (Å²) in [5, 5.41) is 5.79. The van der Waals surface area contributed by atoms with Crippen LogP contribution in [0.15, 0.2) is 78.9 Å². The molecule has 0 aliphatic carbocycles. The lowest BCUT2D eigenvalue weighted by atomic mass is 9.82. The van der Waals surface area contributed by atoms with E-state index in [1.807, 2.05) is 61.5 Å². The van der Waals surface area contributed by atoms with E-state index >= 15 is 0 Å². The lowest BCUT2D eigenvalue weighted by molar-refractivity contribution is -0.133. The Labute approximate surface area is 193 Å². The van der Waals surface area contributed by atoms with Crippen molar-refractivity contribution in [2.75, 3.05) is 11.9 Å². The van der Waals surface area contributed by atoms with Gasteiger partial charge in [0.05, 0.1) is 0 Å². The summed E-state index contributed by atoms with van der Waals surface area (Å²) in [5.74, 6) is -0.693. The first-order valence-corrected chi connectivity index (χ1v) is 11.0. The summed E-state index contributed by atoms with van der Waals surface area (Å²) in [6, 6.07) is 23.4. The first-order valence-electron chi connectivity index (χ1n) is 11.0. The average Bonchev–Trinajstić information content (AvgIpc) is 3.07. The normalized spacial score (nSPS) is 15.0.